The van der Waals surface area contributed by atoms with Crippen molar-refractivity contribution < 1.29 is 22.7 Å². The number of amides is 1. The first kappa shape index (κ1) is 23.0. The Labute approximate surface area is 169 Å². The molecule has 1 aliphatic rings. The lowest BCUT2D eigenvalue weighted by Gasteiger charge is -2.23. The van der Waals surface area contributed by atoms with Crippen molar-refractivity contribution in [1.82, 2.24) is 15.1 Å². The van der Waals surface area contributed by atoms with E-state index in [4.69, 9.17) is 4.74 Å². The van der Waals surface area contributed by atoms with Crippen LogP contribution in [0.1, 0.15) is 24.0 Å². The molecule has 1 N–H and O–H groups in total. The average Bonchev–Trinajstić information content (AvgIpc) is 3.48. The van der Waals surface area contributed by atoms with E-state index < -0.39 is 11.7 Å². The lowest BCUT2D eigenvalue weighted by molar-refractivity contribution is -0.137. The molecule has 6 nitrogen and oxygen atoms in total. The number of hydrogen-bond acceptors (Lipinski definition) is 3. The SMILES string of the molecule is CN(C)C(=O)CNC(=NCc1cccc(C(F)(F)F)c1)N(C)CCOCC1CC1. The minimum Gasteiger partial charge on any atom is -0.379 e. The number of carbonyl (C=O) groups is 1. The van der Waals surface area contributed by atoms with Crippen LogP contribution in [-0.4, -0.2) is 69.1 Å². The number of aliphatic imine (C=N–C) groups is 1. The summed E-state index contributed by atoms with van der Waals surface area (Å²) in [5.41, 5.74) is -0.263. The third-order valence-electron chi connectivity index (χ3n) is 4.55. The number of halogens is 3. The smallest absolute Gasteiger partial charge is 0.379 e. The van der Waals surface area contributed by atoms with Crippen molar-refractivity contribution in [2.24, 2.45) is 10.9 Å². The number of rotatable bonds is 9. The molecule has 0 heterocycles. The van der Waals surface area contributed by atoms with Gasteiger partial charge in [-0.1, -0.05) is 12.1 Å². The number of alkyl halides is 3. The molecule has 0 aromatic heterocycles. The predicted octanol–water partition coefficient (Wildman–Crippen LogP) is 2.60. The first-order valence-electron chi connectivity index (χ1n) is 9.60. The third kappa shape index (κ3) is 8.31. The van der Waals surface area contributed by atoms with Gasteiger partial charge in [0.1, 0.15) is 0 Å². The standard InChI is InChI=1S/C20H29F3N4O2/c1-26(2)18(28)13-25-19(27(3)9-10-29-14-15-7-8-15)24-12-16-5-4-6-17(11-16)20(21,22)23/h4-6,11,15H,7-10,12-14H2,1-3H3,(H,24,25). The van der Waals surface area contributed by atoms with Gasteiger partial charge in [0.2, 0.25) is 5.91 Å². The summed E-state index contributed by atoms with van der Waals surface area (Å²) in [5, 5.41) is 2.98. The lowest BCUT2D eigenvalue weighted by atomic mass is 10.1. The van der Waals surface area contributed by atoms with Gasteiger partial charge in [-0.25, -0.2) is 4.99 Å². The fourth-order valence-corrected chi connectivity index (χ4v) is 2.48. The summed E-state index contributed by atoms with van der Waals surface area (Å²) in [6, 6.07) is 5.09. The molecule has 1 saturated carbocycles. The van der Waals surface area contributed by atoms with Crippen LogP contribution in [0.25, 0.3) is 0 Å². The van der Waals surface area contributed by atoms with Crippen LogP contribution in [0.4, 0.5) is 13.2 Å². The molecule has 1 amide bonds. The molecule has 0 bridgehead atoms. The highest BCUT2D eigenvalue weighted by Crippen LogP contribution is 2.30. The fourth-order valence-electron chi connectivity index (χ4n) is 2.48. The van der Waals surface area contributed by atoms with Crippen molar-refractivity contribution in [3.8, 4) is 0 Å². The number of guanidine groups is 1. The van der Waals surface area contributed by atoms with E-state index in [1.165, 1.54) is 23.8 Å². The van der Waals surface area contributed by atoms with Crippen molar-refractivity contribution in [3.63, 3.8) is 0 Å². The molecule has 1 aromatic carbocycles. The van der Waals surface area contributed by atoms with Gasteiger partial charge < -0.3 is 19.9 Å². The third-order valence-corrected chi connectivity index (χ3v) is 4.55. The summed E-state index contributed by atoms with van der Waals surface area (Å²) in [5.74, 6) is 0.980. The maximum atomic E-state index is 12.9. The van der Waals surface area contributed by atoms with E-state index in [9.17, 15) is 18.0 Å². The average molecular weight is 414 g/mol. The van der Waals surface area contributed by atoms with Crippen molar-refractivity contribution >= 4 is 11.9 Å². The van der Waals surface area contributed by atoms with Gasteiger partial charge in [-0.3, -0.25) is 4.79 Å². The molecule has 2 rings (SSSR count). The van der Waals surface area contributed by atoms with Gasteiger partial charge in [-0.05, 0) is 36.5 Å². The van der Waals surface area contributed by atoms with Crippen LogP contribution in [0.15, 0.2) is 29.3 Å². The van der Waals surface area contributed by atoms with Crippen LogP contribution in [0.5, 0.6) is 0 Å². The Morgan fingerprint density at radius 1 is 1.28 bits per heavy atom. The van der Waals surface area contributed by atoms with E-state index in [0.717, 1.165) is 18.7 Å². The molecule has 1 fully saturated rings. The molecule has 0 saturated heterocycles. The first-order valence-corrected chi connectivity index (χ1v) is 9.60. The first-order chi connectivity index (χ1) is 13.7. The molecule has 1 aliphatic carbocycles. The van der Waals surface area contributed by atoms with Crippen molar-refractivity contribution in [2.75, 3.05) is 47.4 Å². The highest BCUT2D eigenvalue weighted by atomic mass is 19.4. The molecule has 0 spiro atoms. The van der Waals surface area contributed by atoms with Gasteiger partial charge in [-0.15, -0.1) is 0 Å². The van der Waals surface area contributed by atoms with Crippen LogP contribution in [0, 0.1) is 5.92 Å². The van der Waals surface area contributed by atoms with Gasteiger partial charge in [0, 0.05) is 34.3 Å². The number of likely N-dealkylation sites (N-methyl/N-ethyl adjacent to an activating group) is 2. The molecule has 1 aromatic rings. The monoisotopic (exact) mass is 414 g/mol. The Bertz CT molecular complexity index is 703. The Balaban J connectivity index is 2.00. The van der Waals surface area contributed by atoms with E-state index in [1.54, 1.807) is 27.2 Å². The summed E-state index contributed by atoms with van der Waals surface area (Å²) in [4.78, 5) is 19.6. The minimum atomic E-state index is -4.39. The van der Waals surface area contributed by atoms with Crippen LogP contribution in [0.2, 0.25) is 0 Å². The topological polar surface area (TPSA) is 57.2 Å². The molecule has 9 heteroatoms. The predicted molar refractivity (Wildman–Crippen MR) is 105 cm³/mol. The summed E-state index contributed by atoms with van der Waals surface area (Å²) in [6.45, 7) is 1.92. The summed E-state index contributed by atoms with van der Waals surface area (Å²) in [7, 11) is 5.11. The fraction of sp³-hybridized carbons (Fsp3) is 0.600. The van der Waals surface area contributed by atoms with E-state index >= 15 is 0 Å². The number of carbonyl (C=O) groups excluding carboxylic acids is 1. The van der Waals surface area contributed by atoms with E-state index in [-0.39, 0.29) is 19.0 Å². The van der Waals surface area contributed by atoms with E-state index in [2.05, 4.69) is 10.3 Å². The molecule has 0 radical (unpaired) electrons. The molecule has 29 heavy (non-hydrogen) atoms. The van der Waals surface area contributed by atoms with Crippen LogP contribution in [0.3, 0.4) is 0 Å². The minimum absolute atomic E-state index is 0.0433. The summed E-state index contributed by atoms with van der Waals surface area (Å²) < 4.78 is 44.3. The second-order valence-electron chi connectivity index (χ2n) is 7.42. The van der Waals surface area contributed by atoms with Gasteiger partial charge in [-0.2, -0.15) is 13.2 Å². The summed E-state index contributed by atoms with van der Waals surface area (Å²) >= 11 is 0. The number of ether oxygens (including phenoxy) is 1. The Hall–Kier alpha value is -2.29. The molecule has 0 aliphatic heterocycles. The number of hydrogen-bond donors (Lipinski definition) is 1. The van der Waals surface area contributed by atoms with E-state index in [1.807, 2.05) is 4.90 Å². The molecular weight excluding hydrogens is 385 g/mol. The maximum absolute atomic E-state index is 12.9. The quantitative estimate of drug-likeness (QED) is 0.383. The summed E-state index contributed by atoms with van der Waals surface area (Å²) in [6.07, 6.45) is -1.96. The Morgan fingerprint density at radius 2 is 2.00 bits per heavy atom. The maximum Gasteiger partial charge on any atom is 0.416 e. The second-order valence-corrected chi connectivity index (χ2v) is 7.42. The van der Waals surface area contributed by atoms with Crippen LogP contribution >= 0.6 is 0 Å². The van der Waals surface area contributed by atoms with Gasteiger partial charge in [0.25, 0.3) is 0 Å². The zero-order valence-corrected chi connectivity index (χ0v) is 17.1. The zero-order valence-electron chi connectivity index (χ0n) is 17.1. The van der Waals surface area contributed by atoms with Crippen molar-refractivity contribution in [3.05, 3.63) is 35.4 Å². The Morgan fingerprint density at radius 3 is 2.62 bits per heavy atom. The normalized spacial score (nSPS) is 14.6. The molecule has 162 valence electrons. The molecule has 0 atom stereocenters. The van der Waals surface area contributed by atoms with Crippen LogP contribution < -0.4 is 5.32 Å². The number of nitrogens with one attached hydrogen (secondary N) is 1. The Kier molecular flexibility index (Phi) is 8.31. The second kappa shape index (κ2) is 10.5. The van der Waals surface area contributed by atoms with Crippen molar-refractivity contribution in [2.45, 2.75) is 25.6 Å². The number of nitrogens with zero attached hydrogens (tertiary/aromatic N) is 3. The molecular formula is C20H29F3N4O2. The van der Waals surface area contributed by atoms with Gasteiger partial charge >= 0.3 is 6.18 Å². The largest absolute Gasteiger partial charge is 0.416 e. The highest BCUT2D eigenvalue weighted by molar-refractivity contribution is 5.86. The van der Waals surface area contributed by atoms with Crippen molar-refractivity contribution in [1.29, 1.82) is 0 Å². The van der Waals surface area contributed by atoms with Gasteiger partial charge in [0.15, 0.2) is 5.96 Å². The zero-order chi connectivity index (χ0) is 21.4. The lowest BCUT2D eigenvalue weighted by Crippen LogP contribution is -2.44. The number of benzene rings is 1. The van der Waals surface area contributed by atoms with Crippen LogP contribution in [-0.2, 0) is 22.3 Å². The van der Waals surface area contributed by atoms with Gasteiger partial charge in [0.05, 0.1) is 25.3 Å². The molecule has 0 unspecified atom stereocenters. The van der Waals surface area contributed by atoms with E-state index in [0.29, 0.717) is 30.6 Å². The highest BCUT2D eigenvalue weighted by Gasteiger charge is 2.30.